The van der Waals surface area contributed by atoms with Crippen LogP contribution in [0, 0.1) is 0 Å². The number of amides is 2. The third-order valence-corrected chi connectivity index (χ3v) is 5.16. The summed E-state index contributed by atoms with van der Waals surface area (Å²) in [4.78, 5) is 29.3. The van der Waals surface area contributed by atoms with E-state index < -0.39 is 6.04 Å². The van der Waals surface area contributed by atoms with Crippen LogP contribution in [0.3, 0.4) is 0 Å². The first kappa shape index (κ1) is 41.2. The minimum absolute atomic E-state index is 0.124. The van der Waals surface area contributed by atoms with Crippen LogP contribution in [0.1, 0.15) is 12.8 Å². The highest BCUT2D eigenvalue weighted by Crippen LogP contribution is 1.95. The second-order valence-electron chi connectivity index (χ2n) is 8.59. The molecular formula is C25H49N9O10. The molecule has 0 unspecified atom stereocenters. The summed E-state index contributed by atoms with van der Waals surface area (Å²) < 4.78 is 42.6. The molecule has 0 saturated heterocycles. The number of nitrogens with zero attached hydrogens (tertiary/aromatic N) is 6. The van der Waals surface area contributed by atoms with Gasteiger partial charge in [0.25, 0.3) is 0 Å². The van der Waals surface area contributed by atoms with E-state index >= 15 is 0 Å². The van der Waals surface area contributed by atoms with E-state index in [1.807, 2.05) is 0 Å². The second-order valence-corrected chi connectivity index (χ2v) is 8.59. The van der Waals surface area contributed by atoms with E-state index in [-0.39, 0.29) is 24.7 Å². The van der Waals surface area contributed by atoms with E-state index in [1.54, 1.807) is 0 Å². The van der Waals surface area contributed by atoms with E-state index in [0.717, 1.165) is 0 Å². The number of hydrogen-bond acceptors (Lipinski definition) is 13. The molecule has 0 aliphatic heterocycles. The third kappa shape index (κ3) is 32.1. The Morgan fingerprint density at radius 1 is 0.568 bits per heavy atom. The van der Waals surface area contributed by atoms with Crippen LogP contribution in [0.15, 0.2) is 10.2 Å². The molecule has 2 amide bonds. The number of carbonyl (C=O) groups is 2. The molecule has 19 heteroatoms. The average molecular weight is 636 g/mol. The summed E-state index contributed by atoms with van der Waals surface area (Å²) in [7, 11) is 0. The van der Waals surface area contributed by atoms with Gasteiger partial charge in [-0.05, 0) is 17.5 Å². The Hall–Kier alpha value is -2.80. The fourth-order valence-corrected chi connectivity index (χ4v) is 2.97. The summed E-state index contributed by atoms with van der Waals surface area (Å²) in [5, 5.41) is 12.1. The van der Waals surface area contributed by atoms with Gasteiger partial charge in [-0.2, -0.15) is 0 Å². The van der Waals surface area contributed by atoms with Gasteiger partial charge in [0.2, 0.25) is 11.8 Å². The molecule has 19 nitrogen and oxygen atoms in total. The molecule has 0 radical (unpaired) electrons. The van der Waals surface area contributed by atoms with Crippen molar-refractivity contribution in [2.45, 2.75) is 18.9 Å². The largest absolute Gasteiger partial charge is 0.379 e. The molecule has 0 rings (SSSR count). The van der Waals surface area contributed by atoms with Gasteiger partial charge in [-0.25, -0.2) is 0 Å². The van der Waals surface area contributed by atoms with Gasteiger partial charge in [0.15, 0.2) is 0 Å². The van der Waals surface area contributed by atoms with Crippen LogP contribution in [0.25, 0.3) is 20.9 Å². The van der Waals surface area contributed by atoms with Gasteiger partial charge in [-0.3, -0.25) is 9.59 Å². The number of carbonyl (C=O) groups excluding carboxylic acids is 2. The van der Waals surface area contributed by atoms with Gasteiger partial charge in [-0.15, -0.1) is 0 Å². The SMILES string of the molecule is [N-]=[N+]=NCCOCCOCCOCCOCCNC(=O)CC[C@H](N)C(=O)NCCOCCOCCOCCOCCN=[N+]=[N-]. The fraction of sp³-hybridized carbons (Fsp3) is 0.920. The third-order valence-electron chi connectivity index (χ3n) is 5.16. The summed E-state index contributed by atoms with van der Waals surface area (Å²) in [5.41, 5.74) is 22.1. The van der Waals surface area contributed by atoms with Crippen molar-refractivity contribution in [2.75, 3.05) is 132 Å². The molecule has 0 heterocycles. The fourth-order valence-electron chi connectivity index (χ4n) is 2.97. The summed E-state index contributed by atoms with van der Waals surface area (Å²) in [6.45, 7) is 7.55. The van der Waals surface area contributed by atoms with Gasteiger partial charge in [0.1, 0.15) is 0 Å². The first-order valence-corrected chi connectivity index (χ1v) is 14.6. The monoisotopic (exact) mass is 635 g/mol. The summed E-state index contributed by atoms with van der Waals surface area (Å²) in [6, 6.07) is -0.797. The number of hydrogen-bond donors (Lipinski definition) is 3. The van der Waals surface area contributed by atoms with E-state index in [2.05, 4.69) is 30.7 Å². The maximum Gasteiger partial charge on any atom is 0.237 e. The normalized spacial score (nSPS) is 11.4. The van der Waals surface area contributed by atoms with E-state index in [4.69, 9.17) is 54.7 Å². The number of azide groups is 2. The summed E-state index contributed by atoms with van der Waals surface area (Å²) >= 11 is 0. The van der Waals surface area contributed by atoms with Crippen LogP contribution in [0.4, 0.5) is 0 Å². The first-order valence-electron chi connectivity index (χ1n) is 14.6. The Balaban J connectivity index is 3.40. The van der Waals surface area contributed by atoms with Crippen molar-refractivity contribution in [1.29, 1.82) is 0 Å². The van der Waals surface area contributed by atoms with Crippen LogP contribution < -0.4 is 16.4 Å². The highest BCUT2D eigenvalue weighted by atomic mass is 16.6. The molecule has 0 saturated carbocycles. The number of ether oxygens (including phenoxy) is 8. The van der Waals surface area contributed by atoms with Crippen molar-refractivity contribution < 1.29 is 47.5 Å². The molecule has 0 aliphatic rings. The summed E-state index contributed by atoms with van der Waals surface area (Å²) in [6.07, 6.45) is 0.341. The molecule has 0 fully saturated rings. The minimum atomic E-state index is -0.797. The number of rotatable bonds is 34. The minimum Gasteiger partial charge on any atom is -0.379 e. The highest BCUT2D eigenvalue weighted by Gasteiger charge is 2.14. The van der Waals surface area contributed by atoms with Crippen LogP contribution in [-0.2, 0) is 47.5 Å². The van der Waals surface area contributed by atoms with Crippen molar-refractivity contribution in [1.82, 2.24) is 10.6 Å². The van der Waals surface area contributed by atoms with Gasteiger partial charge < -0.3 is 54.3 Å². The highest BCUT2D eigenvalue weighted by molar-refractivity contribution is 5.82. The van der Waals surface area contributed by atoms with Crippen molar-refractivity contribution in [2.24, 2.45) is 16.0 Å². The number of nitrogens with one attached hydrogen (secondary N) is 2. The van der Waals surface area contributed by atoms with Crippen LogP contribution in [0.2, 0.25) is 0 Å². The van der Waals surface area contributed by atoms with Crippen molar-refractivity contribution in [3.63, 3.8) is 0 Å². The molecule has 254 valence electrons. The van der Waals surface area contributed by atoms with Crippen molar-refractivity contribution in [3.8, 4) is 0 Å². The van der Waals surface area contributed by atoms with Crippen molar-refractivity contribution >= 4 is 11.8 Å². The zero-order valence-electron chi connectivity index (χ0n) is 25.5. The first-order chi connectivity index (χ1) is 21.6. The predicted octanol–water partition coefficient (Wildman–Crippen LogP) is 0.0797. The van der Waals surface area contributed by atoms with Gasteiger partial charge in [0, 0.05) is 42.4 Å². The quantitative estimate of drug-likeness (QED) is 0.0369. The Morgan fingerprint density at radius 2 is 0.909 bits per heavy atom. The van der Waals surface area contributed by atoms with Gasteiger partial charge in [0.05, 0.1) is 112 Å². The Labute approximate surface area is 257 Å². The van der Waals surface area contributed by atoms with Gasteiger partial charge >= 0.3 is 0 Å². The summed E-state index contributed by atoms with van der Waals surface area (Å²) in [5.74, 6) is -0.558. The van der Waals surface area contributed by atoms with Crippen LogP contribution in [-0.4, -0.2) is 150 Å². The van der Waals surface area contributed by atoms with Crippen LogP contribution in [0.5, 0.6) is 0 Å². The lowest BCUT2D eigenvalue weighted by Crippen LogP contribution is -2.42. The molecule has 0 aromatic carbocycles. The van der Waals surface area contributed by atoms with Crippen molar-refractivity contribution in [3.05, 3.63) is 20.9 Å². The molecule has 0 aromatic rings. The zero-order valence-corrected chi connectivity index (χ0v) is 25.5. The standard InChI is InChI=1S/C25H49N9O10/c26-23(25(36)30-4-8-38-12-16-42-20-22-44-18-14-40-10-6-32-34-28)1-2-24(35)29-3-7-37-11-15-41-19-21-43-17-13-39-9-5-31-33-27/h23H,1-22,26H2,(H,29,35)(H,30,36)/t23-/m0/s1. The molecule has 0 spiro atoms. The zero-order chi connectivity index (χ0) is 32.2. The molecule has 0 aromatic heterocycles. The van der Waals surface area contributed by atoms with E-state index in [9.17, 15) is 9.59 Å². The van der Waals surface area contributed by atoms with E-state index in [0.29, 0.717) is 132 Å². The molecule has 4 N–H and O–H groups in total. The maximum atomic E-state index is 12.1. The molecule has 0 aliphatic carbocycles. The lowest BCUT2D eigenvalue weighted by Gasteiger charge is -2.13. The Bertz CT molecular complexity index is 788. The number of nitrogens with two attached hydrogens (primary N) is 1. The lowest BCUT2D eigenvalue weighted by atomic mass is 10.1. The molecule has 1 atom stereocenters. The molecule has 0 bridgehead atoms. The lowest BCUT2D eigenvalue weighted by molar-refractivity contribution is -0.123. The smallest absolute Gasteiger partial charge is 0.237 e. The molecule has 44 heavy (non-hydrogen) atoms. The maximum absolute atomic E-state index is 12.1. The molecular weight excluding hydrogens is 586 g/mol. The average Bonchev–Trinajstić information content (AvgIpc) is 3.03. The van der Waals surface area contributed by atoms with Crippen LogP contribution >= 0.6 is 0 Å². The van der Waals surface area contributed by atoms with E-state index in [1.165, 1.54) is 0 Å². The Morgan fingerprint density at radius 3 is 1.30 bits per heavy atom. The van der Waals surface area contributed by atoms with Gasteiger partial charge in [-0.1, -0.05) is 10.2 Å². The predicted molar refractivity (Wildman–Crippen MR) is 158 cm³/mol. The Kier molecular flexibility index (Phi) is 32.5. The topological polar surface area (TPSA) is 256 Å². The second kappa shape index (κ2) is 34.7.